The van der Waals surface area contributed by atoms with Gasteiger partial charge in [0.1, 0.15) is 0 Å². The third kappa shape index (κ3) is 1.91. The number of anilines is 1. The number of hydrogen-bond donors (Lipinski definition) is 1. The first-order valence-corrected chi connectivity index (χ1v) is 6.12. The van der Waals surface area contributed by atoms with Crippen molar-refractivity contribution in [3.8, 4) is 22.6 Å². The van der Waals surface area contributed by atoms with Crippen LogP contribution in [0.4, 0.5) is 5.88 Å². The predicted octanol–water partition coefficient (Wildman–Crippen LogP) is 2.95. The lowest BCUT2D eigenvalue weighted by Gasteiger charge is -2.16. The van der Waals surface area contributed by atoms with E-state index in [-0.39, 0.29) is 12.2 Å². The van der Waals surface area contributed by atoms with Gasteiger partial charge in [-0.15, -0.1) is 0 Å². The van der Waals surface area contributed by atoms with Crippen LogP contribution in [-0.4, -0.2) is 11.9 Å². The molecule has 5 nitrogen and oxygen atoms in total. The van der Waals surface area contributed by atoms with Crippen LogP contribution in [0.3, 0.4) is 0 Å². The molecular weight excluding hydrogens is 244 g/mol. The molecule has 0 aliphatic carbocycles. The highest BCUT2D eigenvalue weighted by atomic mass is 16.7. The molecule has 0 saturated heterocycles. The number of nitrogens with two attached hydrogens (primary N) is 1. The van der Waals surface area contributed by atoms with Crippen molar-refractivity contribution in [1.29, 1.82) is 0 Å². The van der Waals surface area contributed by atoms with Crippen LogP contribution >= 0.6 is 0 Å². The standard InChI is InChI=1S/C14H16N2O3/c1-14(2,3)12-11(13(15)19-16-12)8-4-5-9-10(6-8)18-7-17-9/h4-6H,7,15H2,1-3H3. The van der Waals surface area contributed by atoms with Gasteiger partial charge in [-0.2, -0.15) is 0 Å². The molecule has 2 aromatic rings. The largest absolute Gasteiger partial charge is 0.454 e. The summed E-state index contributed by atoms with van der Waals surface area (Å²) in [6, 6.07) is 5.71. The Morgan fingerprint density at radius 1 is 1.16 bits per heavy atom. The Morgan fingerprint density at radius 3 is 2.63 bits per heavy atom. The smallest absolute Gasteiger partial charge is 0.231 e. The zero-order chi connectivity index (χ0) is 13.6. The fraction of sp³-hybridized carbons (Fsp3) is 0.357. The number of nitrogens with zero attached hydrogens (tertiary/aromatic N) is 1. The highest BCUT2D eigenvalue weighted by Crippen LogP contribution is 2.41. The van der Waals surface area contributed by atoms with Crippen LogP contribution < -0.4 is 15.2 Å². The summed E-state index contributed by atoms with van der Waals surface area (Å²) in [5.74, 6) is 1.79. The van der Waals surface area contributed by atoms with Gasteiger partial charge in [-0.1, -0.05) is 32.0 Å². The summed E-state index contributed by atoms with van der Waals surface area (Å²) in [5.41, 5.74) is 8.35. The van der Waals surface area contributed by atoms with Crippen LogP contribution in [0.25, 0.3) is 11.1 Å². The molecule has 0 bridgehead atoms. The molecule has 1 aromatic heterocycles. The molecule has 3 rings (SSSR count). The molecule has 0 radical (unpaired) electrons. The molecule has 0 amide bonds. The van der Waals surface area contributed by atoms with E-state index in [0.29, 0.717) is 5.88 Å². The van der Waals surface area contributed by atoms with Crippen LogP contribution in [0, 0.1) is 0 Å². The molecule has 2 N–H and O–H groups in total. The van der Waals surface area contributed by atoms with Gasteiger partial charge in [0, 0.05) is 5.41 Å². The number of aromatic nitrogens is 1. The maximum atomic E-state index is 5.91. The minimum atomic E-state index is -0.146. The van der Waals surface area contributed by atoms with E-state index in [1.807, 2.05) is 18.2 Å². The second kappa shape index (κ2) is 3.91. The molecule has 0 unspecified atom stereocenters. The summed E-state index contributed by atoms with van der Waals surface area (Å²) in [4.78, 5) is 0. The van der Waals surface area contributed by atoms with Gasteiger partial charge in [0.15, 0.2) is 11.5 Å². The number of rotatable bonds is 1. The zero-order valence-electron chi connectivity index (χ0n) is 11.2. The highest BCUT2D eigenvalue weighted by molar-refractivity contribution is 5.77. The van der Waals surface area contributed by atoms with Crippen molar-refractivity contribution in [3.63, 3.8) is 0 Å². The lowest BCUT2D eigenvalue weighted by Crippen LogP contribution is -2.13. The van der Waals surface area contributed by atoms with Crippen molar-refractivity contribution >= 4 is 5.88 Å². The molecule has 0 atom stereocenters. The third-order valence-corrected chi connectivity index (χ3v) is 3.09. The molecule has 5 heteroatoms. The van der Waals surface area contributed by atoms with Crippen molar-refractivity contribution in [2.75, 3.05) is 12.5 Å². The van der Waals surface area contributed by atoms with Crippen LogP contribution in [0.2, 0.25) is 0 Å². The molecule has 1 aromatic carbocycles. The van der Waals surface area contributed by atoms with E-state index in [1.165, 1.54) is 0 Å². The second-order valence-corrected chi connectivity index (χ2v) is 5.59. The molecular formula is C14H16N2O3. The van der Waals surface area contributed by atoms with Crippen LogP contribution in [-0.2, 0) is 5.41 Å². The van der Waals surface area contributed by atoms with Gasteiger partial charge in [0.05, 0.1) is 11.3 Å². The maximum Gasteiger partial charge on any atom is 0.231 e. The quantitative estimate of drug-likeness (QED) is 0.853. The Kier molecular flexibility index (Phi) is 2.45. The van der Waals surface area contributed by atoms with Gasteiger partial charge < -0.3 is 19.7 Å². The van der Waals surface area contributed by atoms with Gasteiger partial charge in [-0.3, -0.25) is 0 Å². The van der Waals surface area contributed by atoms with Crippen molar-refractivity contribution in [1.82, 2.24) is 5.16 Å². The van der Waals surface area contributed by atoms with E-state index in [4.69, 9.17) is 19.7 Å². The van der Waals surface area contributed by atoms with E-state index in [2.05, 4.69) is 25.9 Å². The lowest BCUT2D eigenvalue weighted by molar-refractivity contribution is 0.174. The van der Waals surface area contributed by atoms with E-state index in [0.717, 1.165) is 28.3 Å². The maximum absolute atomic E-state index is 5.91. The van der Waals surface area contributed by atoms with E-state index in [1.54, 1.807) is 0 Å². The second-order valence-electron chi connectivity index (χ2n) is 5.59. The summed E-state index contributed by atoms with van der Waals surface area (Å²) in [6.07, 6.45) is 0. The fourth-order valence-electron chi connectivity index (χ4n) is 2.15. The Morgan fingerprint density at radius 2 is 1.89 bits per heavy atom. The monoisotopic (exact) mass is 260 g/mol. The van der Waals surface area contributed by atoms with Crippen molar-refractivity contribution in [3.05, 3.63) is 23.9 Å². The average molecular weight is 260 g/mol. The Labute approximate surface area is 111 Å². The molecule has 0 fully saturated rings. The zero-order valence-corrected chi connectivity index (χ0v) is 11.2. The first kappa shape index (κ1) is 11.9. The molecule has 100 valence electrons. The minimum Gasteiger partial charge on any atom is -0.454 e. The van der Waals surface area contributed by atoms with Gasteiger partial charge in [-0.25, -0.2) is 0 Å². The first-order valence-electron chi connectivity index (χ1n) is 6.12. The molecule has 0 spiro atoms. The number of benzene rings is 1. The number of ether oxygens (including phenoxy) is 2. The van der Waals surface area contributed by atoms with Gasteiger partial charge in [0.2, 0.25) is 12.7 Å². The summed E-state index contributed by atoms with van der Waals surface area (Å²) in [6.45, 7) is 6.46. The Hall–Kier alpha value is -2.17. The number of nitrogen functional groups attached to an aromatic ring is 1. The molecule has 0 saturated carbocycles. The van der Waals surface area contributed by atoms with Crippen LogP contribution in [0.5, 0.6) is 11.5 Å². The molecule has 2 heterocycles. The minimum absolute atomic E-state index is 0.146. The van der Waals surface area contributed by atoms with Crippen molar-refractivity contribution < 1.29 is 14.0 Å². The molecule has 1 aliphatic heterocycles. The SMILES string of the molecule is CC(C)(C)c1noc(N)c1-c1ccc2c(c1)OCO2. The summed E-state index contributed by atoms with van der Waals surface area (Å²) in [7, 11) is 0. The van der Waals surface area contributed by atoms with Crippen LogP contribution in [0.15, 0.2) is 22.7 Å². The summed E-state index contributed by atoms with van der Waals surface area (Å²) >= 11 is 0. The summed E-state index contributed by atoms with van der Waals surface area (Å²) in [5, 5.41) is 4.08. The van der Waals surface area contributed by atoms with Crippen molar-refractivity contribution in [2.45, 2.75) is 26.2 Å². The number of fused-ring (bicyclic) bond motifs is 1. The lowest BCUT2D eigenvalue weighted by atomic mass is 9.87. The topological polar surface area (TPSA) is 70.5 Å². The number of hydrogen-bond acceptors (Lipinski definition) is 5. The van der Waals surface area contributed by atoms with Gasteiger partial charge >= 0.3 is 0 Å². The third-order valence-electron chi connectivity index (χ3n) is 3.09. The van der Waals surface area contributed by atoms with Crippen molar-refractivity contribution in [2.24, 2.45) is 0 Å². The molecule has 19 heavy (non-hydrogen) atoms. The van der Waals surface area contributed by atoms with E-state index in [9.17, 15) is 0 Å². The first-order chi connectivity index (χ1) is 8.97. The average Bonchev–Trinajstić information content (AvgIpc) is 2.92. The van der Waals surface area contributed by atoms with Gasteiger partial charge in [0.25, 0.3) is 0 Å². The highest BCUT2D eigenvalue weighted by Gasteiger charge is 2.27. The van der Waals surface area contributed by atoms with E-state index >= 15 is 0 Å². The fourth-order valence-corrected chi connectivity index (χ4v) is 2.15. The summed E-state index contributed by atoms with van der Waals surface area (Å²) < 4.78 is 15.8. The molecule has 1 aliphatic rings. The normalized spacial score (nSPS) is 13.8. The van der Waals surface area contributed by atoms with Gasteiger partial charge in [-0.05, 0) is 17.7 Å². The van der Waals surface area contributed by atoms with E-state index < -0.39 is 0 Å². The Bertz CT molecular complexity index is 626. The Balaban J connectivity index is 2.15. The van der Waals surface area contributed by atoms with Crippen LogP contribution in [0.1, 0.15) is 26.5 Å². The predicted molar refractivity (Wildman–Crippen MR) is 71.2 cm³/mol.